The molecule has 1 rings (SSSR count). The van der Waals surface area contributed by atoms with Crippen molar-refractivity contribution in [3.8, 4) is 6.19 Å². The zero-order valence-electron chi connectivity index (χ0n) is 11.3. The van der Waals surface area contributed by atoms with Crippen LogP contribution < -0.4 is 0 Å². The molecule has 4 heteroatoms. The molecule has 1 saturated heterocycles. The first-order valence-corrected chi connectivity index (χ1v) is 6.39. The first kappa shape index (κ1) is 15.8. The number of nitrogens with zero attached hydrogens (tertiary/aromatic N) is 4. The molecule has 0 saturated carbocycles. The maximum absolute atomic E-state index is 7.43. The molecular weight excluding hydrogens is 212 g/mol. The normalized spacial score (nSPS) is 27.1. The van der Waals surface area contributed by atoms with E-state index in [1.807, 2.05) is 0 Å². The van der Waals surface area contributed by atoms with Gasteiger partial charge in [0.25, 0.3) is 0 Å². The summed E-state index contributed by atoms with van der Waals surface area (Å²) in [5.74, 6) is 0.959. The molecule has 1 aliphatic heterocycles. The van der Waals surface area contributed by atoms with Gasteiger partial charge in [-0.25, -0.2) is 0 Å². The molecule has 0 radical (unpaired) electrons. The van der Waals surface area contributed by atoms with Crippen molar-refractivity contribution in [1.82, 2.24) is 0 Å². The highest BCUT2D eigenvalue weighted by atomic mass is 15.3. The van der Waals surface area contributed by atoms with E-state index in [2.05, 4.69) is 25.9 Å². The summed E-state index contributed by atoms with van der Waals surface area (Å²) in [6.45, 7) is 8.94. The Labute approximate surface area is 105 Å². The first-order chi connectivity index (χ1) is 8.08. The third-order valence-corrected chi connectivity index (χ3v) is 3.30. The van der Waals surface area contributed by atoms with E-state index in [9.17, 15) is 0 Å². The Morgan fingerprint density at radius 1 is 1.53 bits per heavy atom. The summed E-state index contributed by atoms with van der Waals surface area (Å²) in [6, 6.07) is 1.28. The molecule has 1 aliphatic rings. The van der Waals surface area contributed by atoms with Crippen LogP contribution in [0.2, 0.25) is 0 Å². The third kappa shape index (κ3) is 7.68. The van der Waals surface area contributed by atoms with Crippen molar-refractivity contribution in [1.29, 1.82) is 5.26 Å². The Bertz CT molecular complexity index is 288. The van der Waals surface area contributed by atoms with Gasteiger partial charge < -0.3 is 14.9 Å². The molecule has 0 amide bonds. The highest BCUT2D eigenvalue weighted by molar-refractivity contribution is 5.46. The van der Waals surface area contributed by atoms with E-state index < -0.39 is 0 Å². The van der Waals surface area contributed by atoms with Crippen molar-refractivity contribution in [3.05, 3.63) is 5.41 Å². The fourth-order valence-electron chi connectivity index (χ4n) is 2.52. The second-order valence-electron chi connectivity index (χ2n) is 5.16. The lowest BCUT2D eigenvalue weighted by Crippen LogP contribution is -2.50. The predicted molar refractivity (Wildman–Crippen MR) is 70.5 cm³/mol. The molecule has 0 spiro atoms. The number of quaternary nitrogens is 1. The minimum atomic E-state index is 0.959. The van der Waals surface area contributed by atoms with Gasteiger partial charge in [0.1, 0.15) is 0 Å². The molecule has 0 bridgehead atoms. The molecule has 2 unspecified atom stereocenters. The van der Waals surface area contributed by atoms with Crippen LogP contribution in [0.15, 0.2) is 4.99 Å². The van der Waals surface area contributed by atoms with Crippen LogP contribution in [0.3, 0.4) is 0 Å². The van der Waals surface area contributed by atoms with Gasteiger partial charge in [-0.15, -0.1) is 6.01 Å². The highest BCUT2D eigenvalue weighted by Crippen LogP contribution is 2.21. The standard InChI is InChI=1S/C11H24N.C2N3/c1-4-5-8-12(3)9-6-7-11(2)10-12;3-1-5-2-4/h11H,4-10H2,1-3H3;/q+1;-1. The van der Waals surface area contributed by atoms with Gasteiger partial charge in [-0.3, -0.25) is 0 Å². The topological polar surface area (TPSA) is 58.5 Å². The van der Waals surface area contributed by atoms with Crippen LogP contribution in [0.1, 0.15) is 39.5 Å². The minimum Gasteiger partial charge on any atom is -0.422 e. The van der Waals surface area contributed by atoms with Crippen molar-refractivity contribution in [3.63, 3.8) is 0 Å². The Morgan fingerprint density at radius 2 is 2.24 bits per heavy atom. The molecule has 0 N–H and O–H groups in total. The van der Waals surface area contributed by atoms with E-state index in [0.717, 1.165) is 5.92 Å². The van der Waals surface area contributed by atoms with E-state index in [1.54, 1.807) is 0 Å². The minimum absolute atomic E-state index is 0.959. The van der Waals surface area contributed by atoms with Crippen LogP contribution in [0.5, 0.6) is 0 Å². The monoisotopic (exact) mass is 236 g/mol. The largest absolute Gasteiger partial charge is 0.422 e. The van der Waals surface area contributed by atoms with Crippen LogP contribution in [0.4, 0.5) is 0 Å². The number of hydrogen-bond acceptors (Lipinski definition) is 2. The van der Waals surface area contributed by atoms with Gasteiger partial charge in [0.15, 0.2) is 0 Å². The smallest absolute Gasteiger partial charge is 0.0925 e. The van der Waals surface area contributed by atoms with Gasteiger partial charge in [-0.05, 0) is 19.3 Å². The third-order valence-electron chi connectivity index (χ3n) is 3.30. The molecule has 0 aromatic heterocycles. The molecule has 2 atom stereocenters. The van der Waals surface area contributed by atoms with E-state index >= 15 is 0 Å². The number of aliphatic imine (C=N–C) groups is 1. The average molecular weight is 236 g/mol. The second-order valence-corrected chi connectivity index (χ2v) is 5.16. The van der Waals surface area contributed by atoms with Gasteiger partial charge in [-0.1, -0.05) is 20.3 Å². The van der Waals surface area contributed by atoms with Crippen LogP contribution >= 0.6 is 0 Å². The Kier molecular flexibility index (Phi) is 8.31. The number of hydrogen-bond donors (Lipinski definition) is 0. The van der Waals surface area contributed by atoms with Crippen LogP contribution in [-0.2, 0) is 0 Å². The van der Waals surface area contributed by atoms with Gasteiger partial charge in [0.05, 0.1) is 32.9 Å². The average Bonchev–Trinajstić information content (AvgIpc) is 2.28. The van der Waals surface area contributed by atoms with Gasteiger partial charge in [-0.2, -0.15) is 5.26 Å². The molecule has 1 fully saturated rings. The zero-order chi connectivity index (χ0) is 13.1. The van der Waals surface area contributed by atoms with Crippen molar-refractivity contribution in [2.45, 2.75) is 39.5 Å². The van der Waals surface area contributed by atoms with E-state index in [1.165, 1.54) is 62.0 Å². The van der Waals surface area contributed by atoms with E-state index in [-0.39, 0.29) is 0 Å². The van der Waals surface area contributed by atoms with E-state index in [0.29, 0.717) is 0 Å². The Balaban J connectivity index is 0.000000437. The lowest BCUT2D eigenvalue weighted by molar-refractivity contribution is -0.917. The lowest BCUT2D eigenvalue weighted by atomic mass is 9.98. The quantitative estimate of drug-likeness (QED) is 0.422. The summed E-state index contributed by atoms with van der Waals surface area (Å²) in [6.07, 6.45) is 6.94. The summed E-state index contributed by atoms with van der Waals surface area (Å²) in [4.78, 5) is 2.58. The maximum Gasteiger partial charge on any atom is 0.0925 e. The molecule has 0 aromatic carbocycles. The van der Waals surface area contributed by atoms with Crippen molar-refractivity contribution in [2.24, 2.45) is 10.9 Å². The van der Waals surface area contributed by atoms with Gasteiger partial charge in [0, 0.05) is 5.92 Å². The molecule has 1 heterocycles. The molecule has 17 heavy (non-hydrogen) atoms. The lowest BCUT2D eigenvalue weighted by Gasteiger charge is -2.40. The molecular formula is C13H24N4. The van der Waals surface area contributed by atoms with Crippen molar-refractivity contribution in [2.75, 3.05) is 26.7 Å². The summed E-state index contributed by atoms with van der Waals surface area (Å²) >= 11 is 0. The fraction of sp³-hybridized carbons (Fsp3) is 0.846. The number of rotatable bonds is 3. The SMILES string of the molecule is CCCC[N+]1(C)CCCC(C)C1.N#CN=C=[N-]. The fourth-order valence-corrected chi connectivity index (χ4v) is 2.52. The predicted octanol–water partition coefficient (Wildman–Crippen LogP) is 2.87. The maximum atomic E-state index is 7.43. The summed E-state index contributed by atoms with van der Waals surface area (Å²) in [7, 11) is 2.44. The number of piperidine rings is 1. The summed E-state index contributed by atoms with van der Waals surface area (Å²) in [5, 5.41) is 14.9. The number of nitriles is 1. The van der Waals surface area contributed by atoms with Crippen LogP contribution in [0.25, 0.3) is 5.41 Å². The zero-order valence-corrected chi connectivity index (χ0v) is 11.3. The Morgan fingerprint density at radius 3 is 2.65 bits per heavy atom. The summed E-state index contributed by atoms with van der Waals surface area (Å²) in [5.41, 5.74) is 0. The van der Waals surface area contributed by atoms with Gasteiger partial charge in [0.2, 0.25) is 0 Å². The van der Waals surface area contributed by atoms with Crippen molar-refractivity contribution >= 4 is 6.01 Å². The molecule has 0 aliphatic carbocycles. The Hall–Kier alpha value is -1.17. The highest BCUT2D eigenvalue weighted by Gasteiger charge is 2.27. The number of unbranched alkanes of at least 4 members (excludes halogenated alkanes) is 1. The molecule has 4 nitrogen and oxygen atoms in total. The van der Waals surface area contributed by atoms with Gasteiger partial charge >= 0.3 is 0 Å². The molecule has 96 valence electrons. The molecule has 0 aromatic rings. The second kappa shape index (κ2) is 8.92. The van der Waals surface area contributed by atoms with Crippen LogP contribution in [-0.4, -0.2) is 37.2 Å². The van der Waals surface area contributed by atoms with E-state index in [4.69, 9.17) is 10.7 Å². The van der Waals surface area contributed by atoms with Crippen LogP contribution in [0, 0.1) is 17.4 Å². The first-order valence-electron chi connectivity index (χ1n) is 6.39. The number of likely N-dealkylation sites (tertiary alicyclic amines) is 1. The summed E-state index contributed by atoms with van der Waals surface area (Å²) < 4.78 is 1.34. The van der Waals surface area contributed by atoms with Crippen molar-refractivity contribution < 1.29 is 4.48 Å².